The van der Waals surface area contributed by atoms with Crippen molar-refractivity contribution in [1.29, 1.82) is 0 Å². The maximum atomic E-state index is 12.5. The van der Waals surface area contributed by atoms with Gasteiger partial charge in [-0.2, -0.15) is 13.2 Å². The van der Waals surface area contributed by atoms with E-state index in [0.29, 0.717) is 22.6 Å². The number of nitrogens with zero attached hydrogens (tertiary/aromatic N) is 5. The molecule has 0 fully saturated rings. The molecule has 3 aromatic rings. The molecule has 10 heteroatoms. The van der Waals surface area contributed by atoms with Crippen LogP contribution in [-0.2, 0) is 12.7 Å². The van der Waals surface area contributed by atoms with E-state index in [0.717, 1.165) is 22.7 Å². The number of halogens is 3. The van der Waals surface area contributed by atoms with Gasteiger partial charge >= 0.3 is 6.18 Å². The Bertz CT molecular complexity index is 825. The summed E-state index contributed by atoms with van der Waals surface area (Å²) < 4.78 is 39.4. The van der Waals surface area contributed by atoms with Crippen LogP contribution in [0.15, 0.2) is 52.5 Å². The summed E-state index contributed by atoms with van der Waals surface area (Å²) in [5.41, 5.74) is -1.03. The molecule has 5 nitrogen and oxygen atoms in total. The predicted molar refractivity (Wildman–Crippen MR) is 84.7 cm³/mol. The van der Waals surface area contributed by atoms with Crippen molar-refractivity contribution in [3.8, 4) is 10.7 Å². The summed E-state index contributed by atoms with van der Waals surface area (Å²) in [7, 11) is 0. The Morgan fingerprint density at radius 1 is 1.17 bits per heavy atom. The van der Waals surface area contributed by atoms with Gasteiger partial charge in [0.05, 0.1) is 4.88 Å². The monoisotopic (exact) mass is 369 g/mol. The first-order valence-corrected chi connectivity index (χ1v) is 8.35. The highest BCUT2D eigenvalue weighted by Crippen LogP contribution is 2.32. The molecule has 0 radical (unpaired) electrons. The fraction of sp³-hybridized carbons (Fsp3) is 0.143. The van der Waals surface area contributed by atoms with Gasteiger partial charge in [0.2, 0.25) is 0 Å². The van der Waals surface area contributed by atoms with E-state index in [1.165, 1.54) is 17.4 Å². The lowest BCUT2D eigenvalue weighted by atomic mass is 10.4. The maximum Gasteiger partial charge on any atom is 0.435 e. The van der Waals surface area contributed by atoms with E-state index in [4.69, 9.17) is 0 Å². The van der Waals surface area contributed by atoms with E-state index in [-0.39, 0.29) is 0 Å². The van der Waals surface area contributed by atoms with Crippen LogP contribution in [0.2, 0.25) is 0 Å². The Kier molecular flexibility index (Phi) is 4.67. The maximum absolute atomic E-state index is 12.5. The quantitative estimate of drug-likeness (QED) is 0.632. The van der Waals surface area contributed by atoms with E-state index >= 15 is 0 Å². The number of thiophene rings is 1. The summed E-state index contributed by atoms with van der Waals surface area (Å²) in [5.74, 6) is 0.673. The molecule has 124 valence electrons. The van der Waals surface area contributed by atoms with Crippen molar-refractivity contribution in [3.05, 3.63) is 48.0 Å². The van der Waals surface area contributed by atoms with E-state index in [9.17, 15) is 13.2 Å². The minimum Gasteiger partial charge on any atom is -0.297 e. The van der Waals surface area contributed by atoms with Crippen molar-refractivity contribution < 1.29 is 13.2 Å². The fourth-order valence-corrected chi connectivity index (χ4v) is 3.34. The standard InChI is InChI=1S/C14H10F3N5S2/c1-2-7-22-12(9-4-3-8-23-9)20-21-13(22)24-11-6-5-10(18-19-11)14(15,16)17/h2-6,8H,1,7H2. The zero-order chi connectivity index (χ0) is 17.2. The van der Waals surface area contributed by atoms with Crippen LogP contribution in [0.25, 0.3) is 10.7 Å². The normalized spacial score (nSPS) is 11.6. The molecule has 3 aromatic heterocycles. The zero-order valence-corrected chi connectivity index (χ0v) is 13.7. The lowest BCUT2D eigenvalue weighted by Gasteiger charge is -2.07. The van der Waals surface area contributed by atoms with Crippen LogP contribution < -0.4 is 0 Å². The summed E-state index contributed by atoms with van der Waals surface area (Å²) in [5, 5.41) is 17.8. The van der Waals surface area contributed by atoms with Crippen molar-refractivity contribution in [1.82, 2.24) is 25.0 Å². The molecule has 0 unspecified atom stereocenters. The second kappa shape index (κ2) is 6.73. The molecule has 0 saturated heterocycles. The van der Waals surface area contributed by atoms with Crippen LogP contribution in [0, 0.1) is 0 Å². The Hall–Kier alpha value is -2.20. The van der Waals surface area contributed by atoms with Crippen molar-refractivity contribution in [2.45, 2.75) is 22.9 Å². The first kappa shape index (κ1) is 16.7. The van der Waals surface area contributed by atoms with E-state index in [1.807, 2.05) is 22.1 Å². The highest BCUT2D eigenvalue weighted by Gasteiger charge is 2.33. The highest BCUT2D eigenvalue weighted by atomic mass is 32.2. The van der Waals surface area contributed by atoms with E-state index in [1.54, 1.807) is 6.08 Å². The van der Waals surface area contributed by atoms with Gasteiger partial charge in [0, 0.05) is 6.54 Å². The van der Waals surface area contributed by atoms with Crippen LogP contribution in [0.4, 0.5) is 13.2 Å². The Balaban J connectivity index is 1.89. The Morgan fingerprint density at radius 3 is 2.58 bits per heavy atom. The molecule has 0 aromatic carbocycles. The topological polar surface area (TPSA) is 56.5 Å². The molecule has 0 atom stereocenters. The molecule has 0 aliphatic rings. The molecule has 0 saturated carbocycles. The molecule has 3 rings (SSSR count). The second-order valence-electron chi connectivity index (χ2n) is 4.54. The van der Waals surface area contributed by atoms with E-state index in [2.05, 4.69) is 27.0 Å². The number of rotatable bonds is 5. The minimum absolute atomic E-state index is 0.304. The Morgan fingerprint density at radius 2 is 2.00 bits per heavy atom. The highest BCUT2D eigenvalue weighted by molar-refractivity contribution is 7.99. The summed E-state index contributed by atoms with van der Waals surface area (Å²) in [6.45, 7) is 4.18. The number of hydrogen-bond acceptors (Lipinski definition) is 6. The molecule has 3 heterocycles. The van der Waals surface area contributed by atoms with Gasteiger partial charge in [0.25, 0.3) is 0 Å². The van der Waals surface area contributed by atoms with Crippen LogP contribution >= 0.6 is 23.1 Å². The number of aromatic nitrogens is 5. The average molecular weight is 369 g/mol. The van der Waals surface area contributed by atoms with E-state index < -0.39 is 11.9 Å². The smallest absolute Gasteiger partial charge is 0.297 e. The minimum atomic E-state index is -4.51. The summed E-state index contributed by atoms with van der Waals surface area (Å²) in [4.78, 5) is 0.940. The fourth-order valence-electron chi connectivity index (χ4n) is 1.87. The Labute approximate surface area is 143 Å². The first-order valence-electron chi connectivity index (χ1n) is 6.66. The SMILES string of the molecule is C=CCn1c(Sc2ccc(C(F)(F)F)nn2)nnc1-c1cccs1. The molecule has 24 heavy (non-hydrogen) atoms. The third-order valence-electron chi connectivity index (χ3n) is 2.90. The zero-order valence-electron chi connectivity index (χ0n) is 12.1. The third kappa shape index (κ3) is 3.49. The molecular weight excluding hydrogens is 359 g/mol. The van der Waals surface area contributed by atoms with Gasteiger partial charge in [-0.05, 0) is 35.3 Å². The molecule has 0 N–H and O–H groups in total. The first-order chi connectivity index (χ1) is 11.5. The molecule has 0 aliphatic carbocycles. The second-order valence-corrected chi connectivity index (χ2v) is 6.47. The van der Waals surface area contributed by atoms with Gasteiger partial charge < -0.3 is 0 Å². The van der Waals surface area contributed by atoms with Gasteiger partial charge in [-0.1, -0.05) is 12.1 Å². The average Bonchev–Trinajstić information content (AvgIpc) is 3.18. The summed E-state index contributed by atoms with van der Waals surface area (Å²) in [6.07, 6.45) is -2.81. The van der Waals surface area contributed by atoms with Crippen molar-refractivity contribution >= 4 is 23.1 Å². The van der Waals surface area contributed by atoms with Gasteiger partial charge in [-0.15, -0.1) is 38.3 Å². The lowest BCUT2D eigenvalue weighted by molar-refractivity contribution is -0.141. The predicted octanol–water partition coefficient (Wildman–Crippen LogP) is 4.15. The lowest BCUT2D eigenvalue weighted by Crippen LogP contribution is -2.09. The van der Waals surface area contributed by atoms with Crippen LogP contribution in [0.5, 0.6) is 0 Å². The van der Waals surface area contributed by atoms with Crippen molar-refractivity contribution in [2.75, 3.05) is 0 Å². The third-order valence-corrected chi connectivity index (χ3v) is 4.67. The molecular formula is C14H10F3N5S2. The van der Waals surface area contributed by atoms with Crippen LogP contribution in [0.3, 0.4) is 0 Å². The summed E-state index contributed by atoms with van der Waals surface area (Å²) in [6, 6.07) is 5.98. The number of allylic oxidation sites excluding steroid dienone is 1. The van der Waals surface area contributed by atoms with Gasteiger partial charge in [0.15, 0.2) is 16.7 Å². The summed E-state index contributed by atoms with van der Waals surface area (Å²) >= 11 is 2.62. The number of alkyl halides is 3. The van der Waals surface area contributed by atoms with Crippen LogP contribution in [0.1, 0.15) is 5.69 Å². The van der Waals surface area contributed by atoms with Crippen LogP contribution in [-0.4, -0.2) is 25.0 Å². The number of hydrogen-bond donors (Lipinski definition) is 0. The van der Waals surface area contributed by atoms with Crippen molar-refractivity contribution in [3.63, 3.8) is 0 Å². The molecule has 0 aliphatic heterocycles. The molecule has 0 spiro atoms. The van der Waals surface area contributed by atoms with Crippen molar-refractivity contribution in [2.24, 2.45) is 0 Å². The van der Waals surface area contributed by atoms with Gasteiger partial charge in [-0.3, -0.25) is 4.57 Å². The molecule has 0 amide bonds. The molecule has 0 bridgehead atoms. The van der Waals surface area contributed by atoms with Gasteiger partial charge in [-0.25, -0.2) is 0 Å². The largest absolute Gasteiger partial charge is 0.435 e. The van der Waals surface area contributed by atoms with Gasteiger partial charge in [0.1, 0.15) is 5.03 Å².